The van der Waals surface area contributed by atoms with Crippen LogP contribution in [0.2, 0.25) is 10.6 Å². The van der Waals surface area contributed by atoms with Crippen LogP contribution in [0.15, 0.2) is 0 Å². The summed E-state index contributed by atoms with van der Waals surface area (Å²) in [5.74, 6) is 0. The van der Waals surface area contributed by atoms with E-state index in [0.29, 0.717) is 0 Å². The summed E-state index contributed by atoms with van der Waals surface area (Å²) >= 11 is 0.805. The molecule has 0 bridgehead atoms. The van der Waals surface area contributed by atoms with Gasteiger partial charge in [0.2, 0.25) is 0 Å². The lowest BCUT2D eigenvalue weighted by Crippen LogP contribution is -1.89. The Bertz CT molecular complexity index is 76.4. The first-order valence-electron chi connectivity index (χ1n) is 6.23. The van der Waals surface area contributed by atoms with Crippen molar-refractivity contribution in [3.05, 3.63) is 0 Å². The predicted octanol–water partition coefficient (Wildman–Crippen LogP) is 5.27. The molecule has 0 aromatic carbocycles. The topological polar surface area (TPSA) is 0 Å². The molecule has 0 aromatic rings. The molecule has 0 aliphatic heterocycles. The molecular weight excluding hydrogens is 251 g/mol. The zero-order chi connectivity index (χ0) is 9.78. The van der Waals surface area contributed by atoms with Gasteiger partial charge in [0.25, 0.3) is 0 Å². The van der Waals surface area contributed by atoms with Crippen LogP contribution < -0.4 is 0 Å². The first-order valence-corrected chi connectivity index (χ1v) is 7.86. The van der Waals surface area contributed by atoms with Crippen molar-refractivity contribution in [3.8, 4) is 0 Å². The van der Waals surface area contributed by atoms with Crippen LogP contribution in [0.25, 0.3) is 0 Å². The van der Waals surface area contributed by atoms with E-state index in [-0.39, 0.29) is 17.0 Å². The monoisotopic (exact) mass is 277 g/mol. The van der Waals surface area contributed by atoms with Gasteiger partial charge in [0.15, 0.2) is 15.2 Å². The molecular formula is C12H27AlBr. The molecule has 0 N–H and O–H groups in total. The van der Waals surface area contributed by atoms with Gasteiger partial charge in [0.1, 0.15) is 0 Å². The van der Waals surface area contributed by atoms with E-state index < -0.39 is 0 Å². The lowest BCUT2D eigenvalue weighted by Gasteiger charge is -1.99. The van der Waals surface area contributed by atoms with E-state index in [1.807, 2.05) is 0 Å². The molecule has 85 valence electrons. The standard InChI is InChI=1S/2C6H13.Al.BrH/c2*1-3-5-6-4-2;;/h2*1,3-6H2,2H3;;1H. The number of hydrogen-bond donors (Lipinski definition) is 0. The fourth-order valence-electron chi connectivity index (χ4n) is 1.58. The Labute approximate surface area is 108 Å². The molecule has 1 radical (unpaired) electrons. The Hall–Kier alpha value is 1.01. The third-order valence-electron chi connectivity index (χ3n) is 2.52. The van der Waals surface area contributed by atoms with Gasteiger partial charge in [-0.2, -0.15) is 0 Å². The summed E-state index contributed by atoms with van der Waals surface area (Å²) in [4.78, 5) is 0. The lowest BCUT2D eigenvalue weighted by atomic mass is 10.2. The minimum atomic E-state index is 0. The molecule has 0 aromatic heterocycles. The Morgan fingerprint density at radius 1 is 0.643 bits per heavy atom. The molecule has 0 saturated heterocycles. The fourth-order valence-corrected chi connectivity index (χ4v) is 3.02. The molecule has 0 saturated carbocycles. The van der Waals surface area contributed by atoms with Gasteiger partial charge in [-0.05, 0) is 0 Å². The number of unbranched alkanes of at least 4 members (excludes halogenated alkanes) is 6. The van der Waals surface area contributed by atoms with Gasteiger partial charge in [0.05, 0.1) is 0 Å². The third-order valence-corrected chi connectivity index (χ3v) is 4.16. The Balaban J connectivity index is 0. The zero-order valence-corrected chi connectivity index (χ0v) is 12.9. The van der Waals surface area contributed by atoms with Crippen molar-refractivity contribution in [2.75, 3.05) is 0 Å². The van der Waals surface area contributed by atoms with Crippen molar-refractivity contribution in [1.29, 1.82) is 0 Å². The Morgan fingerprint density at radius 2 is 1.07 bits per heavy atom. The van der Waals surface area contributed by atoms with Crippen LogP contribution >= 0.6 is 17.0 Å². The van der Waals surface area contributed by atoms with Crippen LogP contribution in [0.3, 0.4) is 0 Å². The minimum absolute atomic E-state index is 0. The zero-order valence-electron chi connectivity index (χ0n) is 10.1. The summed E-state index contributed by atoms with van der Waals surface area (Å²) < 4.78 is 0. The summed E-state index contributed by atoms with van der Waals surface area (Å²) in [5.41, 5.74) is 0. The van der Waals surface area contributed by atoms with Crippen molar-refractivity contribution in [3.63, 3.8) is 0 Å². The predicted molar refractivity (Wildman–Crippen MR) is 74.0 cm³/mol. The van der Waals surface area contributed by atoms with Crippen molar-refractivity contribution in [2.24, 2.45) is 0 Å². The smallest absolute Gasteiger partial charge is 0.114 e. The van der Waals surface area contributed by atoms with Crippen molar-refractivity contribution < 1.29 is 0 Å². The molecule has 2 heteroatoms. The van der Waals surface area contributed by atoms with Crippen molar-refractivity contribution in [2.45, 2.75) is 75.8 Å². The van der Waals surface area contributed by atoms with Gasteiger partial charge in [-0.15, -0.1) is 27.5 Å². The van der Waals surface area contributed by atoms with Gasteiger partial charge in [0, 0.05) is 0 Å². The maximum atomic E-state index is 2.29. The second-order valence-electron chi connectivity index (χ2n) is 3.99. The van der Waals surface area contributed by atoms with Gasteiger partial charge < -0.3 is 0 Å². The quantitative estimate of drug-likeness (QED) is 0.377. The van der Waals surface area contributed by atoms with Gasteiger partial charge in [-0.1, -0.05) is 65.2 Å². The fraction of sp³-hybridized carbons (Fsp3) is 1.00. The first kappa shape index (κ1) is 17.4. The second-order valence-corrected chi connectivity index (χ2v) is 5.72. The summed E-state index contributed by atoms with van der Waals surface area (Å²) in [6.45, 7) is 4.58. The molecule has 0 unspecified atom stereocenters. The first-order chi connectivity index (χ1) is 6.41. The van der Waals surface area contributed by atoms with E-state index in [1.54, 1.807) is 10.6 Å². The Kier molecular flexibility index (Phi) is 20.4. The van der Waals surface area contributed by atoms with Crippen molar-refractivity contribution >= 4 is 32.2 Å². The van der Waals surface area contributed by atoms with Crippen LogP contribution in [0, 0.1) is 0 Å². The van der Waals surface area contributed by atoms with E-state index in [1.165, 1.54) is 51.4 Å². The molecule has 0 aliphatic rings. The van der Waals surface area contributed by atoms with Gasteiger partial charge in [-0.3, -0.25) is 0 Å². The van der Waals surface area contributed by atoms with Crippen LogP contribution in [-0.2, 0) is 0 Å². The number of rotatable bonds is 10. The molecule has 0 atom stereocenters. The van der Waals surface area contributed by atoms with E-state index in [9.17, 15) is 0 Å². The molecule has 0 spiro atoms. The molecule has 0 aliphatic carbocycles. The summed E-state index contributed by atoms with van der Waals surface area (Å²) in [6, 6.07) is 0. The van der Waals surface area contributed by atoms with Gasteiger partial charge >= 0.3 is 0 Å². The average Bonchev–Trinajstić information content (AvgIpc) is 2.16. The maximum Gasteiger partial charge on any atom is 0.199 e. The molecule has 0 heterocycles. The summed E-state index contributed by atoms with van der Waals surface area (Å²) in [7, 11) is 0. The highest BCUT2D eigenvalue weighted by molar-refractivity contribution is 8.93. The number of hydrogen-bond acceptors (Lipinski definition) is 0. The highest BCUT2D eigenvalue weighted by Crippen LogP contribution is 2.06. The van der Waals surface area contributed by atoms with Crippen LogP contribution in [0.1, 0.15) is 65.2 Å². The van der Waals surface area contributed by atoms with E-state index in [0.717, 1.165) is 15.2 Å². The van der Waals surface area contributed by atoms with Crippen LogP contribution in [-0.4, -0.2) is 15.2 Å². The highest BCUT2D eigenvalue weighted by atomic mass is 79.9. The number of halogens is 1. The SMILES string of the molecule is Br.CCCCC[CH2][Al][CH2]CCCCC. The largest absolute Gasteiger partial charge is 0.199 e. The highest BCUT2D eigenvalue weighted by Gasteiger charge is 1.93. The summed E-state index contributed by atoms with van der Waals surface area (Å²) in [6.07, 6.45) is 11.7. The van der Waals surface area contributed by atoms with Crippen molar-refractivity contribution in [1.82, 2.24) is 0 Å². The Morgan fingerprint density at radius 3 is 1.43 bits per heavy atom. The molecule has 0 rings (SSSR count). The lowest BCUT2D eigenvalue weighted by molar-refractivity contribution is 0.689. The summed E-state index contributed by atoms with van der Waals surface area (Å²) in [5, 5.41) is 3.12. The minimum Gasteiger partial charge on any atom is -0.114 e. The van der Waals surface area contributed by atoms with E-state index in [2.05, 4.69) is 13.8 Å². The average molecular weight is 278 g/mol. The molecule has 0 nitrogen and oxygen atoms in total. The van der Waals surface area contributed by atoms with Crippen LogP contribution in [0.5, 0.6) is 0 Å². The maximum absolute atomic E-state index is 2.29. The van der Waals surface area contributed by atoms with E-state index >= 15 is 0 Å². The third kappa shape index (κ3) is 15.5. The van der Waals surface area contributed by atoms with E-state index in [4.69, 9.17) is 0 Å². The molecule has 14 heavy (non-hydrogen) atoms. The molecule has 0 fully saturated rings. The van der Waals surface area contributed by atoms with Crippen LogP contribution in [0.4, 0.5) is 0 Å². The normalized spacial score (nSPS) is 9.57. The molecule has 0 amide bonds. The second kappa shape index (κ2) is 16.4. The van der Waals surface area contributed by atoms with Gasteiger partial charge in [-0.25, -0.2) is 0 Å².